The van der Waals surface area contributed by atoms with Gasteiger partial charge in [0.25, 0.3) is 11.4 Å². The highest BCUT2D eigenvalue weighted by Crippen LogP contribution is 2.36. The van der Waals surface area contributed by atoms with Gasteiger partial charge in [0, 0.05) is 92.4 Å². The second-order valence-corrected chi connectivity index (χ2v) is 21.5. The van der Waals surface area contributed by atoms with Gasteiger partial charge in [0.2, 0.25) is 20.0 Å². The predicted octanol–water partition coefficient (Wildman–Crippen LogP) is 9.09. The molecule has 8 rings (SSSR count). The van der Waals surface area contributed by atoms with Crippen LogP contribution >= 0.6 is 69.1 Å². The molecule has 0 spiro atoms. The van der Waals surface area contributed by atoms with Gasteiger partial charge < -0.3 is 19.3 Å². The van der Waals surface area contributed by atoms with Crippen LogP contribution in [0.15, 0.2) is 93.3 Å². The summed E-state index contributed by atoms with van der Waals surface area (Å²) in [6.45, 7) is 2.63. The van der Waals surface area contributed by atoms with Crippen LogP contribution in [0, 0.1) is 20.2 Å². The van der Waals surface area contributed by atoms with Crippen LogP contribution in [-0.4, -0.2) is 112 Å². The van der Waals surface area contributed by atoms with Gasteiger partial charge in [-0.15, -0.1) is 22.7 Å². The van der Waals surface area contributed by atoms with E-state index in [2.05, 4.69) is 4.98 Å². The van der Waals surface area contributed by atoms with Crippen molar-refractivity contribution in [2.75, 3.05) is 76.4 Å². The van der Waals surface area contributed by atoms with Crippen molar-refractivity contribution >= 4 is 111 Å². The van der Waals surface area contributed by atoms with E-state index in [0.29, 0.717) is 47.7 Å². The summed E-state index contributed by atoms with van der Waals surface area (Å²) in [4.78, 5) is 33.9. The SMILES string of the molecule is COc1cc(OC)cc(-c2csc(N3CCN(S(=O)(=O)c4ccc(Cl)c([N+](=O)[O-])c4)CC3)n2)c1.O=[N+]([O-])c1cc(S(=O)(=O)N2CCN(c3nc(-c4ccc(Cl)c(Cl)c4)cs3)CC2)ccc1Cl. The highest BCUT2D eigenvalue weighted by atomic mass is 35.5. The molecule has 2 aromatic heterocycles. The monoisotopic (exact) mass is 1060 g/mol. The van der Waals surface area contributed by atoms with Crippen molar-refractivity contribution in [3.8, 4) is 34.0 Å². The van der Waals surface area contributed by atoms with Gasteiger partial charge in [-0.05, 0) is 48.5 Å². The summed E-state index contributed by atoms with van der Waals surface area (Å²) in [7, 11) is -4.61. The van der Waals surface area contributed by atoms with Crippen molar-refractivity contribution in [1.29, 1.82) is 0 Å². The van der Waals surface area contributed by atoms with Crippen LogP contribution in [0.2, 0.25) is 20.1 Å². The number of hydrogen-bond donors (Lipinski definition) is 0. The molecule has 0 amide bonds. The quantitative estimate of drug-likeness (QED) is 0.0827. The first-order valence-electron chi connectivity index (χ1n) is 19.4. The van der Waals surface area contributed by atoms with E-state index in [1.807, 2.05) is 38.8 Å². The summed E-state index contributed by atoms with van der Waals surface area (Å²) >= 11 is 26.6. The number of piperazine rings is 2. The molecular weight excluding hydrogens is 1020 g/mol. The van der Waals surface area contributed by atoms with Gasteiger partial charge in [-0.1, -0.05) is 52.5 Å². The molecule has 0 unspecified atom stereocenters. The molecule has 0 radical (unpaired) electrons. The van der Waals surface area contributed by atoms with E-state index in [-0.39, 0.29) is 46.0 Å². The number of methoxy groups -OCH3 is 2. The molecule has 0 bridgehead atoms. The molecule has 4 aromatic carbocycles. The van der Waals surface area contributed by atoms with Gasteiger partial charge in [0.15, 0.2) is 10.3 Å². The summed E-state index contributed by atoms with van der Waals surface area (Å²) in [6.07, 6.45) is 0. The first-order valence-corrected chi connectivity index (χ1v) is 25.5. The van der Waals surface area contributed by atoms with Gasteiger partial charge in [-0.3, -0.25) is 20.2 Å². The molecule has 6 aromatic rings. The maximum atomic E-state index is 13.0. The van der Waals surface area contributed by atoms with Crippen molar-refractivity contribution in [3.63, 3.8) is 0 Å². The zero-order valence-electron chi connectivity index (χ0n) is 34.5. The second kappa shape index (κ2) is 20.6. The molecule has 0 aliphatic carbocycles. The minimum atomic E-state index is -3.89. The van der Waals surface area contributed by atoms with Crippen LogP contribution in [0.4, 0.5) is 21.6 Å². The first-order chi connectivity index (χ1) is 31.4. The van der Waals surface area contributed by atoms with E-state index >= 15 is 0 Å². The molecule has 66 heavy (non-hydrogen) atoms. The Morgan fingerprint density at radius 3 is 1.35 bits per heavy atom. The zero-order valence-corrected chi connectivity index (χ0v) is 40.8. The third-order valence-electron chi connectivity index (χ3n) is 10.4. The Morgan fingerprint density at radius 2 is 0.955 bits per heavy atom. The normalized spacial score (nSPS) is 14.9. The first kappa shape index (κ1) is 49.0. The number of nitrogens with zero attached hydrogens (tertiary/aromatic N) is 8. The third kappa shape index (κ3) is 10.8. The number of sulfonamides is 2. The van der Waals surface area contributed by atoms with Gasteiger partial charge in [0.05, 0.1) is 55.3 Å². The van der Waals surface area contributed by atoms with Gasteiger partial charge in [0.1, 0.15) is 21.5 Å². The number of thiazole rings is 2. The lowest BCUT2D eigenvalue weighted by Crippen LogP contribution is -2.48. The third-order valence-corrected chi connectivity index (χ3v) is 17.3. The lowest BCUT2D eigenvalue weighted by atomic mass is 10.1. The van der Waals surface area contributed by atoms with Gasteiger partial charge in [-0.25, -0.2) is 26.8 Å². The lowest BCUT2D eigenvalue weighted by Gasteiger charge is -2.33. The fourth-order valence-corrected chi connectivity index (χ4v) is 12.2. The summed E-state index contributed by atoms with van der Waals surface area (Å²) in [5.74, 6) is 1.32. The van der Waals surface area contributed by atoms with E-state index in [1.54, 1.807) is 32.4 Å². The fourth-order valence-electron chi connectivity index (χ4n) is 6.82. The molecule has 4 heterocycles. The Kier molecular flexibility index (Phi) is 15.3. The molecule has 0 atom stereocenters. The van der Waals surface area contributed by atoms with Crippen LogP contribution in [-0.2, 0) is 20.0 Å². The highest BCUT2D eigenvalue weighted by molar-refractivity contribution is 7.89. The zero-order chi connectivity index (χ0) is 47.5. The highest BCUT2D eigenvalue weighted by Gasteiger charge is 2.33. The minimum Gasteiger partial charge on any atom is -0.497 e. The van der Waals surface area contributed by atoms with E-state index in [4.69, 9.17) is 60.9 Å². The maximum Gasteiger partial charge on any atom is 0.289 e. The van der Waals surface area contributed by atoms with Crippen LogP contribution in [0.1, 0.15) is 0 Å². The molecular formula is C40H36Cl4N8O10S4. The smallest absolute Gasteiger partial charge is 0.289 e. The van der Waals surface area contributed by atoms with E-state index in [1.165, 1.54) is 55.5 Å². The Labute approximate surface area is 406 Å². The average Bonchev–Trinajstić information content (AvgIpc) is 4.02. The van der Waals surface area contributed by atoms with Crippen molar-refractivity contribution in [3.05, 3.63) is 124 Å². The topological polar surface area (TPSA) is 212 Å². The van der Waals surface area contributed by atoms with E-state index in [0.717, 1.165) is 44.9 Å². The van der Waals surface area contributed by atoms with Crippen LogP contribution in [0.5, 0.6) is 11.5 Å². The van der Waals surface area contributed by atoms with Crippen molar-refractivity contribution in [2.45, 2.75) is 9.79 Å². The molecule has 0 N–H and O–H groups in total. The van der Waals surface area contributed by atoms with Gasteiger partial charge in [-0.2, -0.15) is 8.61 Å². The number of rotatable bonds is 12. The van der Waals surface area contributed by atoms with E-state index in [9.17, 15) is 37.1 Å². The molecule has 2 fully saturated rings. The van der Waals surface area contributed by atoms with Crippen LogP contribution in [0.25, 0.3) is 22.5 Å². The van der Waals surface area contributed by atoms with Crippen molar-refractivity contribution in [2.24, 2.45) is 0 Å². The standard InChI is InChI=1S/C21H21ClN4O6S2.C19H15Cl3N4O4S2/c1-31-15-9-14(10-16(11-15)32-2)19-13-33-21(23-19)24-5-7-25(8-6-24)34(29,30)17-3-4-18(22)20(12-17)26(27)28;20-14-3-1-12(9-16(14)22)17-11-31-19(23-17)24-5-7-25(8-6-24)32(29,30)13-2-4-15(21)18(10-13)26(27)28/h3-4,9-13H,5-8H2,1-2H3;1-4,9-11H,5-8H2. The summed E-state index contributed by atoms with van der Waals surface area (Å²) in [6, 6.07) is 17.8. The number of ether oxygens (including phenoxy) is 2. The van der Waals surface area contributed by atoms with Crippen LogP contribution in [0.3, 0.4) is 0 Å². The number of benzene rings is 4. The van der Waals surface area contributed by atoms with Crippen molar-refractivity contribution < 1.29 is 36.2 Å². The number of hydrogen-bond acceptors (Lipinski definition) is 16. The summed E-state index contributed by atoms with van der Waals surface area (Å²) in [5, 5.41) is 28.3. The number of anilines is 2. The second-order valence-electron chi connectivity index (χ2n) is 14.3. The Balaban J connectivity index is 0.000000197. The summed E-state index contributed by atoms with van der Waals surface area (Å²) < 4.78 is 65.3. The molecule has 26 heteroatoms. The molecule has 2 aliphatic rings. The largest absolute Gasteiger partial charge is 0.497 e. The van der Waals surface area contributed by atoms with Crippen molar-refractivity contribution in [1.82, 2.24) is 18.6 Å². The number of halogens is 4. The molecule has 2 aliphatic heterocycles. The predicted molar refractivity (Wildman–Crippen MR) is 256 cm³/mol. The number of nitro benzene ring substituents is 2. The Hall–Kier alpha value is -4.88. The maximum absolute atomic E-state index is 13.0. The fraction of sp³-hybridized carbons (Fsp3) is 0.250. The minimum absolute atomic E-state index is 0.109. The average molecular weight is 1060 g/mol. The molecule has 18 nitrogen and oxygen atoms in total. The molecule has 0 saturated carbocycles. The summed E-state index contributed by atoms with van der Waals surface area (Å²) in [5.41, 5.74) is 2.33. The Morgan fingerprint density at radius 1 is 0.545 bits per heavy atom. The van der Waals surface area contributed by atoms with Crippen LogP contribution < -0.4 is 19.3 Å². The molecule has 348 valence electrons. The molecule has 2 saturated heterocycles. The Bertz CT molecular complexity index is 3000. The van der Waals surface area contributed by atoms with E-state index < -0.39 is 41.3 Å². The van der Waals surface area contributed by atoms with Gasteiger partial charge >= 0.3 is 0 Å². The lowest BCUT2D eigenvalue weighted by molar-refractivity contribution is -0.385. The number of nitro groups is 2. The number of aromatic nitrogens is 2.